The molecule has 1 aliphatic carbocycles. The summed E-state index contributed by atoms with van der Waals surface area (Å²) in [5.41, 5.74) is 2.86. The molecular weight excluding hydrogens is 362 g/mol. The van der Waals surface area contributed by atoms with Crippen molar-refractivity contribution in [2.24, 2.45) is 5.92 Å². The van der Waals surface area contributed by atoms with Crippen molar-refractivity contribution in [2.75, 3.05) is 5.06 Å². The lowest BCUT2D eigenvalue weighted by atomic mass is 9.88. The van der Waals surface area contributed by atoms with Gasteiger partial charge in [-0.25, -0.2) is 4.98 Å². The molecule has 4 rings (SSSR count). The number of aryl methyl sites for hydroxylation is 1. The quantitative estimate of drug-likeness (QED) is 0.543. The Morgan fingerprint density at radius 3 is 2.45 bits per heavy atom. The van der Waals surface area contributed by atoms with Crippen LogP contribution in [0.2, 0.25) is 0 Å². The third-order valence-corrected chi connectivity index (χ3v) is 5.55. The Balaban J connectivity index is 1.48. The van der Waals surface area contributed by atoms with Crippen molar-refractivity contribution in [1.82, 2.24) is 9.55 Å². The van der Waals surface area contributed by atoms with Crippen molar-refractivity contribution in [3.8, 4) is 5.69 Å². The molecule has 0 atom stereocenters. The second-order valence-electron chi connectivity index (χ2n) is 7.59. The first-order chi connectivity index (χ1) is 14.2. The Bertz CT molecular complexity index is 928. The topological polar surface area (TPSA) is 47.4 Å². The van der Waals surface area contributed by atoms with Crippen LogP contribution < -0.4 is 5.06 Å². The lowest BCUT2D eigenvalue weighted by molar-refractivity contribution is -0.131. The Morgan fingerprint density at radius 2 is 1.79 bits per heavy atom. The van der Waals surface area contributed by atoms with Crippen LogP contribution >= 0.6 is 0 Å². The number of rotatable bonds is 6. The lowest BCUT2D eigenvalue weighted by Gasteiger charge is -2.28. The van der Waals surface area contributed by atoms with Crippen molar-refractivity contribution in [2.45, 2.75) is 45.6 Å². The highest BCUT2D eigenvalue weighted by molar-refractivity contribution is 5.93. The van der Waals surface area contributed by atoms with E-state index < -0.39 is 0 Å². The fourth-order valence-corrected chi connectivity index (χ4v) is 3.89. The van der Waals surface area contributed by atoms with Crippen LogP contribution in [0.1, 0.15) is 43.5 Å². The van der Waals surface area contributed by atoms with Gasteiger partial charge in [-0.3, -0.25) is 9.63 Å². The molecular formula is C24H27N3O2. The number of hydroxylamine groups is 1. The number of anilines is 1. The zero-order valence-electron chi connectivity index (χ0n) is 16.8. The van der Waals surface area contributed by atoms with Crippen LogP contribution in [0.4, 0.5) is 5.69 Å². The van der Waals surface area contributed by atoms with E-state index in [4.69, 9.17) is 4.84 Å². The molecule has 3 aromatic rings. The standard InChI is InChI=1S/C24H27N3O2/c1-19-25-16-17-26(19)22-14-12-20(13-15-22)18-29-27(23-10-6-3-7-11-23)24(28)21-8-4-2-5-9-21/h3,6-7,10-17,21H,2,4-5,8-9,18H2,1H3. The first-order valence-corrected chi connectivity index (χ1v) is 10.3. The van der Waals surface area contributed by atoms with Crippen LogP contribution in [0, 0.1) is 12.8 Å². The maximum atomic E-state index is 13.2. The van der Waals surface area contributed by atoms with Gasteiger partial charge in [0.15, 0.2) is 0 Å². The number of carbonyl (C=O) groups is 1. The highest BCUT2D eigenvalue weighted by atomic mass is 16.7. The van der Waals surface area contributed by atoms with E-state index in [1.165, 1.54) is 11.5 Å². The lowest BCUT2D eigenvalue weighted by Crippen LogP contribution is -2.37. The molecule has 1 aliphatic rings. The van der Waals surface area contributed by atoms with Gasteiger partial charge in [-0.1, -0.05) is 49.6 Å². The fourth-order valence-electron chi connectivity index (χ4n) is 3.89. The van der Waals surface area contributed by atoms with E-state index in [2.05, 4.69) is 4.98 Å². The van der Waals surface area contributed by atoms with Crippen LogP contribution in [0.15, 0.2) is 67.0 Å². The summed E-state index contributed by atoms with van der Waals surface area (Å²) >= 11 is 0. The van der Waals surface area contributed by atoms with E-state index in [-0.39, 0.29) is 11.8 Å². The van der Waals surface area contributed by atoms with Crippen LogP contribution in [-0.2, 0) is 16.2 Å². The first-order valence-electron chi connectivity index (χ1n) is 10.3. The molecule has 150 valence electrons. The Kier molecular flexibility index (Phi) is 6.06. The van der Waals surface area contributed by atoms with E-state index in [1.54, 1.807) is 6.20 Å². The molecule has 1 heterocycles. The van der Waals surface area contributed by atoms with Gasteiger partial charge < -0.3 is 4.57 Å². The zero-order chi connectivity index (χ0) is 20.1. The molecule has 0 N–H and O–H groups in total. The number of aromatic nitrogens is 2. The largest absolute Gasteiger partial charge is 0.304 e. The maximum Gasteiger partial charge on any atom is 0.253 e. The van der Waals surface area contributed by atoms with Gasteiger partial charge in [-0.15, -0.1) is 0 Å². The molecule has 0 aliphatic heterocycles. The molecule has 1 amide bonds. The number of benzene rings is 2. The summed E-state index contributed by atoms with van der Waals surface area (Å²) in [4.78, 5) is 23.5. The van der Waals surface area contributed by atoms with Crippen molar-refractivity contribution >= 4 is 11.6 Å². The summed E-state index contributed by atoms with van der Waals surface area (Å²) in [5, 5.41) is 1.50. The molecule has 29 heavy (non-hydrogen) atoms. The number of hydrogen-bond acceptors (Lipinski definition) is 3. The maximum absolute atomic E-state index is 13.2. The van der Waals surface area contributed by atoms with Gasteiger partial charge >= 0.3 is 0 Å². The molecule has 2 aromatic carbocycles. The molecule has 1 fully saturated rings. The van der Waals surface area contributed by atoms with Gasteiger partial charge in [0.2, 0.25) is 0 Å². The number of carbonyl (C=O) groups excluding carboxylic acids is 1. The van der Waals surface area contributed by atoms with E-state index in [1.807, 2.05) is 72.3 Å². The van der Waals surface area contributed by atoms with Gasteiger partial charge in [0.05, 0.1) is 5.69 Å². The predicted molar refractivity (Wildman–Crippen MR) is 114 cm³/mol. The highest BCUT2D eigenvalue weighted by Crippen LogP contribution is 2.28. The van der Waals surface area contributed by atoms with Crippen LogP contribution in [-0.4, -0.2) is 15.5 Å². The number of para-hydroxylation sites is 1. The van der Waals surface area contributed by atoms with Crippen molar-refractivity contribution in [3.05, 3.63) is 78.4 Å². The summed E-state index contributed by atoms with van der Waals surface area (Å²) in [6.07, 6.45) is 9.10. The second kappa shape index (κ2) is 9.05. The van der Waals surface area contributed by atoms with Crippen molar-refractivity contribution < 1.29 is 9.63 Å². The molecule has 1 saturated carbocycles. The molecule has 5 heteroatoms. The number of imidazole rings is 1. The van der Waals surface area contributed by atoms with E-state index >= 15 is 0 Å². The number of hydrogen-bond donors (Lipinski definition) is 0. The van der Waals surface area contributed by atoms with E-state index in [0.717, 1.165) is 48.4 Å². The molecule has 5 nitrogen and oxygen atoms in total. The smallest absolute Gasteiger partial charge is 0.253 e. The fraction of sp³-hybridized carbons (Fsp3) is 0.333. The Morgan fingerprint density at radius 1 is 1.07 bits per heavy atom. The molecule has 0 radical (unpaired) electrons. The summed E-state index contributed by atoms with van der Waals surface area (Å²) < 4.78 is 2.04. The molecule has 1 aromatic heterocycles. The van der Waals surface area contributed by atoms with Gasteiger partial charge in [0, 0.05) is 24.0 Å². The number of amides is 1. The van der Waals surface area contributed by atoms with Crippen molar-refractivity contribution in [3.63, 3.8) is 0 Å². The summed E-state index contributed by atoms with van der Waals surface area (Å²) in [6, 6.07) is 17.8. The summed E-state index contributed by atoms with van der Waals surface area (Å²) in [7, 11) is 0. The Labute approximate surface area is 171 Å². The molecule has 0 saturated heterocycles. The van der Waals surface area contributed by atoms with Gasteiger partial charge in [0.1, 0.15) is 12.4 Å². The average molecular weight is 389 g/mol. The monoisotopic (exact) mass is 389 g/mol. The third kappa shape index (κ3) is 4.57. The SMILES string of the molecule is Cc1nccn1-c1ccc(CON(C(=O)C2CCCCC2)c2ccccc2)cc1. The minimum Gasteiger partial charge on any atom is -0.304 e. The molecule has 0 spiro atoms. The van der Waals surface area contributed by atoms with Crippen LogP contribution in [0.5, 0.6) is 0 Å². The predicted octanol–water partition coefficient (Wildman–Crippen LogP) is 5.23. The molecule has 0 unspecified atom stereocenters. The van der Waals surface area contributed by atoms with Gasteiger partial charge in [-0.2, -0.15) is 5.06 Å². The zero-order valence-corrected chi connectivity index (χ0v) is 16.8. The average Bonchev–Trinajstić information content (AvgIpc) is 3.21. The minimum atomic E-state index is 0.0514. The third-order valence-electron chi connectivity index (χ3n) is 5.55. The van der Waals surface area contributed by atoms with E-state index in [9.17, 15) is 4.79 Å². The minimum absolute atomic E-state index is 0.0514. The van der Waals surface area contributed by atoms with Gasteiger partial charge in [-0.05, 0) is 49.6 Å². The van der Waals surface area contributed by atoms with Crippen molar-refractivity contribution in [1.29, 1.82) is 0 Å². The second-order valence-corrected chi connectivity index (χ2v) is 7.59. The van der Waals surface area contributed by atoms with Crippen LogP contribution in [0.25, 0.3) is 5.69 Å². The summed E-state index contributed by atoms with van der Waals surface area (Å²) in [6.45, 7) is 2.32. The first kappa shape index (κ1) is 19.4. The normalized spacial score (nSPS) is 14.7. The van der Waals surface area contributed by atoms with E-state index in [0.29, 0.717) is 6.61 Å². The van der Waals surface area contributed by atoms with Crippen LogP contribution in [0.3, 0.4) is 0 Å². The number of nitrogens with zero attached hydrogens (tertiary/aromatic N) is 3. The van der Waals surface area contributed by atoms with Gasteiger partial charge in [0.25, 0.3) is 5.91 Å². The summed E-state index contributed by atoms with van der Waals surface area (Å²) in [5.74, 6) is 1.07. The highest BCUT2D eigenvalue weighted by Gasteiger charge is 2.28. The molecule has 0 bridgehead atoms. The Hall–Kier alpha value is -2.92.